The number of halogens is 1. The first-order valence-electron chi connectivity index (χ1n) is 8.95. The molecule has 6 heteroatoms. The number of benzene rings is 2. The molecule has 0 unspecified atom stereocenters. The third-order valence-electron chi connectivity index (χ3n) is 4.41. The van der Waals surface area contributed by atoms with E-state index in [0.29, 0.717) is 12.8 Å². The van der Waals surface area contributed by atoms with E-state index in [0.717, 1.165) is 33.9 Å². The van der Waals surface area contributed by atoms with Gasteiger partial charge in [-0.15, -0.1) is 12.4 Å². The Morgan fingerprint density at radius 1 is 1.00 bits per heavy atom. The highest BCUT2D eigenvalue weighted by Crippen LogP contribution is 2.21. The summed E-state index contributed by atoms with van der Waals surface area (Å²) in [7, 11) is 0. The van der Waals surface area contributed by atoms with Gasteiger partial charge < -0.3 is 5.32 Å². The largest absolute Gasteiger partial charge is 0.326 e. The lowest BCUT2D eigenvalue weighted by Crippen LogP contribution is -2.14. The molecule has 1 N–H and O–H groups in total. The summed E-state index contributed by atoms with van der Waals surface area (Å²) in [5.41, 5.74) is 4.60. The number of aryl methyl sites for hydroxylation is 2. The lowest BCUT2D eigenvalue weighted by molar-refractivity contribution is -0.116. The number of nitrogens with zero attached hydrogens (tertiary/aromatic N) is 3. The molecule has 0 atom stereocenters. The first-order chi connectivity index (χ1) is 13.2. The molecule has 2 aromatic carbocycles. The Balaban J connectivity index is 0.00000225. The normalized spacial score (nSPS) is 10.5. The van der Waals surface area contributed by atoms with Gasteiger partial charge in [-0.3, -0.25) is 9.36 Å². The number of hydrogen-bond acceptors (Lipinski definition) is 3. The highest BCUT2D eigenvalue weighted by Gasteiger charge is 2.14. The van der Waals surface area contributed by atoms with E-state index in [1.807, 2.05) is 78.2 Å². The summed E-state index contributed by atoms with van der Waals surface area (Å²) in [4.78, 5) is 21.6. The van der Waals surface area contributed by atoms with Crippen LogP contribution >= 0.6 is 12.4 Å². The molecule has 0 aliphatic heterocycles. The number of nitrogens with one attached hydrogen (secondary N) is 1. The van der Waals surface area contributed by atoms with Crippen molar-refractivity contribution in [3.05, 3.63) is 84.3 Å². The second kappa shape index (κ2) is 8.67. The van der Waals surface area contributed by atoms with Crippen LogP contribution in [-0.4, -0.2) is 20.4 Å². The van der Waals surface area contributed by atoms with Crippen molar-refractivity contribution in [2.24, 2.45) is 0 Å². The Kier molecular flexibility index (Phi) is 6.06. The quantitative estimate of drug-likeness (QED) is 0.534. The number of anilines is 1. The molecule has 2 aromatic heterocycles. The number of carbonyl (C=O) groups excluding carboxylic acids is 1. The SMILES string of the molecule is Cc1ccc(NC(=O)CCc2nc3cccnc3n2-c2ccccc2)cc1.Cl. The van der Waals surface area contributed by atoms with Crippen LogP contribution in [0.1, 0.15) is 17.8 Å². The van der Waals surface area contributed by atoms with Crippen LogP contribution in [0.25, 0.3) is 16.9 Å². The zero-order chi connectivity index (χ0) is 18.6. The molecule has 0 saturated heterocycles. The van der Waals surface area contributed by atoms with Gasteiger partial charge in [-0.1, -0.05) is 35.9 Å². The molecule has 142 valence electrons. The molecular formula is C22H21ClN4O. The molecule has 1 amide bonds. The molecule has 4 aromatic rings. The number of pyridine rings is 1. The standard InChI is InChI=1S/C22H20N4O.ClH/c1-16-9-11-17(12-10-16)24-21(27)14-13-20-25-19-8-5-15-23-22(19)26(20)18-6-3-2-4-7-18;/h2-12,15H,13-14H2,1H3,(H,24,27);1H. The number of carbonyl (C=O) groups is 1. The van der Waals surface area contributed by atoms with Crippen LogP contribution < -0.4 is 5.32 Å². The first-order valence-corrected chi connectivity index (χ1v) is 8.95. The van der Waals surface area contributed by atoms with E-state index in [2.05, 4.69) is 10.3 Å². The Morgan fingerprint density at radius 2 is 1.75 bits per heavy atom. The highest BCUT2D eigenvalue weighted by molar-refractivity contribution is 5.90. The Labute approximate surface area is 169 Å². The number of imidazole rings is 1. The van der Waals surface area contributed by atoms with Crippen molar-refractivity contribution in [3.8, 4) is 5.69 Å². The molecule has 0 aliphatic carbocycles. The molecule has 0 fully saturated rings. The summed E-state index contributed by atoms with van der Waals surface area (Å²) in [5.74, 6) is 0.799. The molecule has 5 nitrogen and oxygen atoms in total. The number of aromatic nitrogens is 3. The summed E-state index contributed by atoms with van der Waals surface area (Å²) in [6.07, 6.45) is 2.64. The number of para-hydroxylation sites is 1. The van der Waals surface area contributed by atoms with Gasteiger partial charge in [0.05, 0.1) is 0 Å². The summed E-state index contributed by atoms with van der Waals surface area (Å²) in [6.45, 7) is 2.02. The summed E-state index contributed by atoms with van der Waals surface area (Å²) in [5, 5.41) is 2.94. The van der Waals surface area contributed by atoms with Gasteiger partial charge in [0, 0.05) is 30.4 Å². The fraction of sp³-hybridized carbons (Fsp3) is 0.136. The van der Waals surface area contributed by atoms with Crippen molar-refractivity contribution < 1.29 is 4.79 Å². The molecule has 0 aliphatic rings. The van der Waals surface area contributed by atoms with E-state index < -0.39 is 0 Å². The molecule has 0 bridgehead atoms. The minimum atomic E-state index is -0.0292. The fourth-order valence-corrected chi connectivity index (χ4v) is 3.06. The van der Waals surface area contributed by atoms with E-state index >= 15 is 0 Å². The fourth-order valence-electron chi connectivity index (χ4n) is 3.06. The van der Waals surface area contributed by atoms with Crippen LogP contribution in [0.4, 0.5) is 5.69 Å². The van der Waals surface area contributed by atoms with Gasteiger partial charge in [-0.2, -0.15) is 0 Å². The molecule has 0 spiro atoms. The van der Waals surface area contributed by atoms with E-state index in [9.17, 15) is 4.79 Å². The van der Waals surface area contributed by atoms with Gasteiger partial charge in [0.15, 0.2) is 5.65 Å². The molecule has 0 radical (unpaired) electrons. The van der Waals surface area contributed by atoms with Crippen LogP contribution in [0.3, 0.4) is 0 Å². The Bertz CT molecular complexity index is 1070. The monoisotopic (exact) mass is 392 g/mol. The zero-order valence-electron chi connectivity index (χ0n) is 15.5. The summed E-state index contributed by atoms with van der Waals surface area (Å²) in [6, 6.07) is 21.6. The van der Waals surface area contributed by atoms with Crippen molar-refractivity contribution in [1.29, 1.82) is 0 Å². The van der Waals surface area contributed by atoms with E-state index in [4.69, 9.17) is 4.98 Å². The second-order valence-corrected chi connectivity index (χ2v) is 6.46. The van der Waals surface area contributed by atoms with Crippen LogP contribution in [0, 0.1) is 6.92 Å². The van der Waals surface area contributed by atoms with Crippen LogP contribution in [-0.2, 0) is 11.2 Å². The first kappa shape index (κ1) is 19.6. The van der Waals surface area contributed by atoms with Crippen LogP contribution in [0.15, 0.2) is 72.9 Å². The van der Waals surface area contributed by atoms with Gasteiger partial charge in [0.25, 0.3) is 0 Å². The highest BCUT2D eigenvalue weighted by atomic mass is 35.5. The maximum Gasteiger partial charge on any atom is 0.224 e. The van der Waals surface area contributed by atoms with Crippen molar-refractivity contribution in [2.45, 2.75) is 19.8 Å². The average molecular weight is 393 g/mol. The van der Waals surface area contributed by atoms with Crippen molar-refractivity contribution in [3.63, 3.8) is 0 Å². The van der Waals surface area contributed by atoms with E-state index in [1.54, 1.807) is 6.20 Å². The van der Waals surface area contributed by atoms with E-state index in [-0.39, 0.29) is 18.3 Å². The Hall–Kier alpha value is -3.18. The predicted molar refractivity (Wildman–Crippen MR) is 114 cm³/mol. The maximum absolute atomic E-state index is 12.4. The predicted octanol–water partition coefficient (Wildman–Crippen LogP) is 4.72. The van der Waals surface area contributed by atoms with Gasteiger partial charge in [0.2, 0.25) is 5.91 Å². The van der Waals surface area contributed by atoms with Gasteiger partial charge in [0.1, 0.15) is 11.3 Å². The van der Waals surface area contributed by atoms with Gasteiger partial charge >= 0.3 is 0 Å². The number of rotatable bonds is 5. The number of fused-ring (bicyclic) bond motifs is 1. The average Bonchev–Trinajstić information content (AvgIpc) is 3.07. The molecular weight excluding hydrogens is 372 g/mol. The molecule has 0 saturated carbocycles. The lowest BCUT2D eigenvalue weighted by Gasteiger charge is -2.09. The van der Waals surface area contributed by atoms with Gasteiger partial charge in [-0.25, -0.2) is 9.97 Å². The third kappa shape index (κ3) is 4.21. The van der Waals surface area contributed by atoms with Crippen molar-refractivity contribution in [2.75, 3.05) is 5.32 Å². The third-order valence-corrected chi connectivity index (χ3v) is 4.41. The molecule has 28 heavy (non-hydrogen) atoms. The summed E-state index contributed by atoms with van der Waals surface area (Å²) < 4.78 is 2.02. The minimum Gasteiger partial charge on any atom is -0.326 e. The lowest BCUT2D eigenvalue weighted by atomic mass is 10.2. The van der Waals surface area contributed by atoms with Crippen LogP contribution in [0.2, 0.25) is 0 Å². The Morgan fingerprint density at radius 3 is 2.50 bits per heavy atom. The van der Waals surface area contributed by atoms with Crippen LogP contribution in [0.5, 0.6) is 0 Å². The second-order valence-electron chi connectivity index (χ2n) is 6.46. The molecule has 2 heterocycles. The van der Waals surface area contributed by atoms with Crippen molar-refractivity contribution >= 4 is 35.2 Å². The topological polar surface area (TPSA) is 59.8 Å². The molecule has 4 rings (SSSR count). The van der Waals surface area contributed by atoms with E-state index in [1.165, 1.54) is 0 Å². The number of hydrogen-bond donors (Lipinski definition) is 1. The maximum atomic E-state index is 12.4. The number of amides is 1. The smallest absolute Gasteiger partial charge is 0.224 e. The van der Waals surface area contributed by atoms with Gasteiger partial charge in [-0.05, 0) is 43.3 Å². The zero-order valence-corrected chi connectivity index (χ0v) is 16.3. The summed E-state index contributed by atoms with van der Waals surface area (Å²) >= 11 is 0. The van der Waals surface area contributed by atoms with Crippen molar-refractivity contribution in [1.82, 2.24) is 14.5 Å². The minimum absolute atomic E-state index is 0.